The van der Waals surface area contributed by atoms with Crippen LogP contribution in [0.2, 0.25) is 5.02 Å². The third-order valence-electron chi connectivity index (χ3n) is 2.86. The van der Waals surface area contributed by atoms with Crippen molar-refractivity contribution in [3.8, 4) is 5.69 Å². The molecule has 0 amide bonds. The topological polar surface area (TPSA) is 22.0 Å². The van der Waals surface area contributed by atoms with Crippen molar-refractivity contribution in [3.05, 3.63) is 57.5 Å². The van der Waals surface area contributed by atoms with Gasteiger partial charge in [-0.15, -0.1) is 11.8 Å². The van der Waals surface area contributed by atoms with Gasteiger partial charge in [-0.2, -0.15) is 0 Å². The minimum absolute atomic E-state index is 0.0924. The van der Waals surface area contributed by atoms with Crippen molar-refractivity contribution in [2.45, 2.75) is 11.3 Å². The van der Waals surface area contributed by atoms with Crippen LogP contribution >= 0.6 is 23.4 Å². The van der Waals surface area contributed by atoms with Crippen molar-refractivity contribution in [3.63, 3.8) is 0 Å². The van der Waals surface area contributed by atoms with E-state index in [0.29, 0.717) is 5.02 Å². The van der Waals surface area contributed by atoms with Gasteiger partial charge in [0, 0.05) is 33.1 Å². The Kier molecular flexibility index (Phi) is 2.73. The first-order chi connectivity index (χ1) is 8.25. The smallest absolute Gasteiger partial charge is 0.259 e. The summed E-state index contributed by atoms with van der Waals surface area (Å²) in [5, 5.41) is 0.679. The zero-order valence-corrected chi connectivity index (χ0v) is 10.6. The molecule has 0 saturated heterocycles. The minimum Gasteiger partial charge on any atom is -0.284 e. The normalized spacial score (nSPS) is 13.7. The standard InChI is InChI=1S/C13H10ClNOS/c14-9-1-3-10(4-2-9)15-7-5-12-11(13(15)16)6-8-17-12/h1-5,7H,6,8H2. The number of hydrogen-bond donors (Lipinski definition) is 0. The van der Waals surface area contributed by atoms with Crippen molar-refractivity contribution < 1.29 is 0 Å². The molecule has 3 rings (SSSR count). The summed E-state index contributed by atoms with van der Waals surface area (Å²) in [7, 11) is 0. The van der Waals surface area contributed by atoms with E-state index in [2.05, 4.69) is 0 Å². The van der Waals surface area contributed by atoms with E-state index in [0.717, 1.165) is 28.3 Å². The van der Waals surface area contributed by atoms with Gasteiger partial charge in [-0.25, -0.2) is 0 Å². The minimum atomic E-state index is 0.0924. The number of nitrogens with zero attached hydrogens (tertiary/aromatic N) is 1. The molecule has 4 heteroatoms. The van der Waals surface area contributed by atoms with Crippen molar-refractivity contribution in [1.29, 1.82) is 0 Å². The van der Waals surface area contributed by atoms with Gasteiger partial charge < -0.3 is 0 Å². The molecule has 2 nitrogen and oxygen atoms in total. The molecule has 2 aromatic rings. The Bertz CT molecular complexity index is 618. The first kappa shape index (κ1) is 10.9. The molecule has 1 aromatic carbocycles. The molecule has 0 atom stereocenters. The predicted molar refractivity (Wildman–Crippen MR) is 71.5 cm³/mol. The lowest BCUT2D eigenvalue weighted by Gasteiger charge is -2.07. The van der Waals surface area contributed by atoms with Crippen LogP contribution in [0.15, 0.2) is 46.2 Å². The molecule has 0 N–H and O–H groups in total. The predicted octanol–water partition coefficient (Wildman–Crippen LogP) is 3.14. The van der Waals surface area contributed by atoms with E-state index in [4.69, 9.17) is 11.6 Å². The number of halogens is 1. The first-order valence-electron chi connectivity index (χ1n) is 5.39. The Morgan fingerprint density at radius 1 is 1.18 bits per heavy atom. The summed E-state index contributed by atoms with van der Waals surface area (Å²) in [6, 6.07) is 9.33. The average Bonchev–Trinajstić information content (AvgIpc) is 2.80. The number of fused-ring (bicyclic) bond motifs is 1. The Morgan fingerprint density at radius 2 is 1.94 bits per heavy atom. The summed E-state index contributed by atoms with van der Waals surface area (Å²) in [4.78, 5) is 13.4. The zero-order valence-electron chi connectivity index (χ0n) is 9.02. The van der Waals surface area contributed by atoms with E-state index in [-0.39, 0.29) is 5.56 Å². The maximum absolute atomic E-state index is 12.3. The third-order valence-corrected chi connectivity index (χ3v) is 4.22. The summed E-state index contributed by atoms with van der Waals surface area (Å²) < 4.78 is 1.68. The molecule has 0 saturated carbocycles. The molecule has 0 aliphatic carbocycles. The zero-order chi connectivity index (χ0) is 11.8. The van der Waals surface area contributed by atoms with Crippen molar-refractivity contribution >= 4 is 23.4 Å². The molecule has 0 spiro atoms. The third kappa shape index (κ3) is 1.90. The number of thioether (sulfide) groups is 1. The Morgan fingerprint density at radius 3 is 2.71 bits per heavy atom. The molecule has 17 heavy (non-hydrogen) atoms. The molecule has 1 aliphatic rings. The second kappa shape index (κ2) is 4.24. The fraction of sp³-hybridized carbons (Fsp3) is 0.154. The van der Waals surface area contributed by atoms with E-state index >= 15 is 0 Å². The SMILES string of the molecule is O=c1c2c(ccn1-c1ccc(Cl)cc1)SCC2. The first-order valence-corrected chi connectivity index (χ1v) is 6.75. The summed E-state index contributed by atoms with van der Waals surface area (Å²) in [6.45, 7) is 0. The van der Waals surface area contributed by atoms with E-state index < -0.39 is 0 Å². The quantitative estimate of drug-likeness (QED) is 0.789. The second-order valence-corrected chi connectivity index (χ2v) is 5.48. The lowest BCUT2D eigenvalue weighted by atomic mass is 10.2. The fourth-order valence-corrected chi connectivity index (χ4v) is 3.17. The van der Waals surface area contributed by atoms with Gasteiger partial charge in [-0.1, -0.05) is 11.6 Å². The van der Waals surface area contributed by atoms with Crippen LogP contribution in [0.25, 0.3) is 5.69 Å². The lowest BCUT2D eigenvalue weighted by Crippen LogP contribution is -2.21. The van der Waals surface area contributed by atoms with E-state index in [1.54, 1.807) is 28.5 Å². The highest BCUT2D eigenvalue weighted by Gasteiger charge is 2.16. The molecule has 0 bridgehead atoms. The Hall–Kier alpha value is -1.19. The number of aromatic nitrogens is 1. The molecule has 2 heterocycles. The second-order valence-electron chi connectivity index (χ2n) is 3.91. The Labute approximate surface area is 108 Å². The van der Waals surface area contributed by atoms with Gasteiger partial charge >= 0.3 is 0 Å². The maximum atomic E-state index is 12.3. The molecule has 1 aromatic heterocycles. The number of pyridine rings is 1. The van der Waals surface area contributed by atoms with Crippen LogP contribution in [0.3, 0.4) is 0 Å². The summed E-state index contributed by atoms with van der Waals surface area (Å²) in [5.74, 6) is 1.01. The van der Waals surface area contributed by atoms with Crippen LogP contribution in [0.5, 0.6) is 0 Å². The van der Waals surface area contributed by atoms with Crippen molar-refractivity contribution in [1.82, 2.24) is 4.57 Å². The average molecular weight is 264 g/mol. The van der Waals surface area contributed by atoms with Crippen LogP contribution in [0, 0.1) is 0 Å². The number of rotatable bonds is 1. The van der Waals surface area contributed by atoms with E-state index in [1.165, 1.54) is 0 Å². The van der Waals surface area contributed by atoms with E-state index in [9.17, 15) is 4.79 Å². The van der Waals surface area contributed by atoms with E-state index in [1.807, 2.05) is 24.4 Å². The van der Waals surface area contributed by atoms with Crippen molar-refractivity contribution in [2.75, 3.05) is 5.75 Å². The summed E-state index contributed by atoms with van der Waals surface area (Å²) in [6.07, 6.45) is 2.70. The highest BCUT2D eigenvalue weighted by Crippen LogP contribution is 2.28. The molecule has 86 valence electrons. The van der Waals surface area contributed by atoms with Gasteiger partial charge in [-0.05, 0) is 36.8 Å². The van der Waals surface area contributed by atoms with Gasteiger partial charge in [0.1, 0.15) is 0 Å². The fourth-order valence-electron chi connectivity index (χ4n) is 1.99. The van der Waals surface area contributed by atoms with Crippen LogP contribution < -0.4 is 5.56 Å². The summed E-state index contributed by atoms with van der Waals surface area (Å²) in [5.41, 5.74) is 1.89. The number of benzene rings is 1. The Balaban J connectivity index is 2.16. The van der Waals surface area contributed by atoms with Gasteiger partial charge in [0.2, 0.25) is 0 Å². The molecule has 0 unspecified atom stereocenters. The van der Waals surface area contributed by atoms with Crippen LogP contribution in [0.4, 0.5) is 0 Å². The van der Waals surface area contributed by atoms with Crippen LogP contribution in [0.1, 0.15) is 5.56 Å². The largest absolute Gasteiger partial charge is 0.284 e. The van der Waals surface area contributed by atoms with Gasteiger partial charge in [0.15, 0.2) is 0 Å². The molecular formula is C13H10ClNOS. The molecular weight excluding hydrogens is 254 g/mol. The summed E-state index contributed by atoms with van der Waals surface area (Å²) >= 11 is 7.60. The monoisotopic (exact) mass is 263 g/mol. The highest BCUT2D eigenvalue weighted by atomic mass is 35.5. The van der Waals surface area contributed by atoms with Gasteiger partial charge in [-0.3, -0.25) is 9.36 Å². The molecule has 1 aliphatic heterocycles. The van der Waals surface area contributed by atoms with Gasteiger partial charge in [0.25, 0.3) is 5.56 Å². The lowest BCUT2D eigenvalue weighted by molar-refractivity contribution is 0.925. The number of hydrogen-bond acceptors (Lipinski definition) is 2. The maximum Gasteiger partial charge on any atom is 0.259 e. The molecule has 0 fully saturated rings. The van der Waals surface area contributed by atoms with Gasteiger partial charge in [0.05, 0.1) is 0 Å². The van der Waals surface area contributed by atoms with Crippen LogP contribution in [-0.4, -0.2) is 10.3 Å². The van der Waals surface area contributed by atoms with Crippen LogP contribution in [-0.2, 0) is 6.42 Å². The highest BCUT2D eigenvalue weighted by molar-refractivity contribution is 7.99. The molecule has 0 radical (unpaired) electrons. The van der Waals surface area contributed by atoms with Crippen molar-refractivity contribution in [2.24, 2.45) is 0 Å².